The molecule has 4 aliphatic heterocycles. The molecule has 1 aromatic heterocycles. The van der Waals surface area contributed by atoms with Gasteiger partial charge >= 0.3 is 0 Å². The van der Waals surface area contributed by atoms with E-state index in [1.165, 1.54) is 0 Å². The third-order valence-corrected chi connectivity index (χ3v) is 6.38. The number of nitrogens with zero attached hydrogens (tertiary/aromatic N) is 2. The lowest BCUT2D eigenvalue weighted by atomic mass is 9.75. The Bertz CT molecular complexity index is 989. The van der Waals surface area contributed by atoms with Gasteiger partial charge in [-0.2, -0.15) is 0 Å². The van der Waals surface area contributed by atoms with Gasteiger partial charge < -0.3 is 14.7 Å². The lowest BCUT2D eigenvalue weighted by molar-refractivity contribution is -0.138. The molecule has 0 radical (unpaired) electrons. The van der Waals surface area contributed by atoms with E-state index in [1.807, 2.05) is 36.1 Å². The van der Waals surface area contributed by atoms with E-state index in [-0.39, 0.29) is 29.8 Å². The van der Waals surface area contributed by atoms with Crippen molar-refractivity contribution in [2.75, 3.05) is 19.7 Å². The van der Waals surface area contributed by atoms with Gasteiger partial charge in [-0.25, -0.2) is 0 Å². The smallest absolute Gasteiger partial charge is 0.257 e. The Balaban J connectivity index is 1.83. The van der Waals surface area contributed by atoms with E-state index >= 15 is 0 Å². The first-order chi connectivity index (χ1) is 13.1. The van der Waals surface area contributed by atoms with Crippen LogP contribution in [-0.4, -0.2) is 52.2 Å². The molecule has 1 aromatic carbocycles. The van der Waals surface area contributed by atoms with E-state index in [2.05, 4.69) is 0 Å². The summed E-state index contributed by atoms with van der Waals surface area (Å²) in [7, 11) is 0. The largest absolute Gasteiger partial charge is 0.498 e. The second-order valence-electron chi connectivity index (χ2n) is 7.71. The summed E-state index contributed by atoms with van der Waals surface area (Å²) < 4.78 is 7.59. The number of ether oxygens (including phenoxy) is 1. The minimum absolute atomic E-state index is 0.0299. The third kappa shape index (κ3) is 2.29. The molecule has 0 unspecified atom stereocenters. The number of aliphatic hydroxyl groups excluding tert-OH is 1. The van der Waals surface area contributed by atoms with Crippen molar-refractivity contribution in [3.05, 3.63) is 41.8 Å². The number of hydrogen-bond acceptors (Lipinski definition) is 4. The topological polar surface area (TPSA) is 71.8 Å². The molecular formula is C21H22N2O4. The highest BCUT2D eigenvalue weighted by molar-refractivity contribution is 6.01. The minimum Gasteiger partial charge on any atom is -0.498 e. The zero-order valence-corrected chi connectivity index (χ0v) is 15.2. The van der Waals surface area contributed by atoms with Crippen LogP contribution in [-0.2, 0) is 16.0 Å². The third-order valence-electron chi connectivity index (χ3n) is 6.38. The van der Waals surface area contributed by atoms with Gasteiger partial charge in [-0.3, -0.25) is 14.2 Å². The lowest BCUT2D eigenvalue weighted by Gasteiger charge is -2.43. The molecule has 0 aliphatic carbocycles. The van der Waals surface area contributed by atoms with Crippen LogP contribution in [0.15, 0.2) is 30.5 Å². The first-order valence-electron chi connectivity index (χ1n) is 9.50. The molecular weight excluding hydrogens is 344 g/mol. The fourth-order valence-corrected chi connectivity index (χ4v) is 5.02. The average Bonchev–Trinajstić information content (AvgIpc) is 3.03. The molecule has 2 aromatic rings. The van der Waals surface area contributed by atoms with Gasteiger partial charge in [-0.15, -0.1) is 0 Å². The summed E-state index contributed by atoms with van der Waals surface area (Å²) in [5.41, 5.74) is 3.59. The maximum atomic E-state index is 12.7. The van der Waals surface area contributed by atoms with Gasteiger partial charge in [0.2, 0.25) is 5.91 Å². The Morgan fingerprint density at radius 1 is 1.33 bits per heavy atom. The van der Waals surface area contributed by atoms with E-state index in [1.54, 1.807) is 10.8 Å². The van der Waals surface area contributed by atoms with Crippen molar-refractivity contribution in [3.8, 4) is 0 Å². The second kappa shape index (κ2) is 5.96. The van der Waals surface area contributed by atoms with Crippen molar-refractivity contribution in [1.29, 1.82) is 0 Å². The summed E-state index contributed by atoms with van der Waals surface area (Å²) in [6.45, 7) is 2.81. The van der Waals surface area contributed by atoms with Crippen LogP contribution in [0.3, 0.4) is 0 Å². The zero-order valence-electron chi connectivity index (χ0n) is 15.2. The summed E-state index contributed by atoms with van der Waals surface area (Å²) in [6, 6.07) is 7.78. The van der Waals surface area contributed by atoms with Crippen LogP contribution in [0.5, 0.6) is 0 Å². The molecule has 0 spiro atoms. The zero-order chi connectivity index (χ0) is 18.7. The number of carbonyl (C=O) groups is 2. The molecule has 1 fully saturated rings. The first kappa shape index (κ1) is 16.6. The molecule has 6 heteroatoms. The molecule has 1 saturated heterocycles. The van der Waals surface area contributed by atoms with Gasteiger partial charge in [0.25, 0.3) is 5.91 Å². The number of hydrogen-bond donors (Lipinski definition) is 1. The molecule has 4 aliphatic rings. The van der Waals surface area contributed by atoms with Crippen LogP contribution in [0.25, 0.3) is 16.5 Å². The summed E-state index contributed by atoms with van der Waals surface area (Å²) >= 11 is 0. The van der Waals surface area contributed by atoms with Gasteiger partial charge in [0.15, 0.2) is 0 Å². The SMILES string of the molecule is C[C@H]1OC=C2c3c(c4ccccc4n3C(=O)CO)CCN3C[C@@H]1[C@@H]2CC3=O. The van der Waals surface area contributed by atoms with Crippen molar-refractivity contribution in [2.45, 2.75) is 25.9 Å². The number of aliphatic hydroxyl groups is 1. The van der Waals surface area contributed by atoms with Crippen LogP contribution < -0.4 is 0 Å². The number of amides is 1. The molecule has 6 rings (SSSR count). The number of carbonyl (C=O) groups excluding carboxylic acids is 2. The average molecular weight is 366 g/mol. The number of rotatable bonds is 1. The molecule has 1 N–H and O–H groups in total. The van der Waals surface area contributed by atoms with Crippen LogP contribution in [0.4, 0.5) is 0 Å². The quantitative estimate of drug-likeness (QED) is 0.839. The van der Waals surface area contributed by atoms with Crippen LogP contribution >= 0.6 is 0 Å². The van der Waals surface area contributed by atoms with Crippen molar-refractivity contribution in [3.63, 3.8) is 0 Å². The highest BCUT2D eigenvalue weighted by atomic mass is 16.5. The van der Waals surface area contributed by atoms with Crippen LogP contribution in [0.2, 0.25) is 0 Å². The van der Waals surface area contributed by atoms with Crippen LogP contribution in [0.1, 0.15) is 29.4 Å². The number of benzene rings is 1. The molecule has 6 nitrogen and oxygen atoms in total. The van der Waals surface area contributed by atoms with Crippen molar-refractivity contribution in [1.82, 2.24) is 9.47 Å². The maximum Gasteiger partial charge on any atom is 0.257 e. The molecule has 0 saturated carbocycles. The van der Waals surface area contributed by atoms with E-state index in [9.17, 15) is 14.7 Å². The Morgan fingerprint density at radius 2 is 2.15 bits per heavy atom. The monoisotopic (exact) mass is 366 g/mol. The number of fused-ring (bicyclic) bond motifs is 3. The van der Waals surface area contributed by atoms with E-state index in [0.29, 0.717) is 25.9 Å². The molecule has 4 bridgehead atoms. The fraction of sp³-hybridized carbons (Fsp3) is 0.429. The van der Waals surface area contributed by atoms with Crippen LogP contribution in [0, 0.1) is 11.8 Å². The summed E-state index contributed by atoms with van der Waals surface area (Å²) in [6.07, 6.45) is 2.90. The molecule has 5 heterocycles. The predicted molar refractivity (Wildman–Crippen MR) is 100 cm³/mol. The Morgan fingerprint density at radius 3 is 2.96 bits per heavy atom. The van der Waals surface area contributed by atoms with E-state index < -0.39 is 6.61 Å². The highest BCUT2D eigenvalue weighted by Crippen LogP contribution is 2.46. The molecule has 27 heavy (non-hydrogen) atoms. The van der Waals surface area contributed by atoms with Gasteiger partial charge in [0, 0.05) is 42.3 Å². The second-order valence-corrected chi connectivity index (χ2v) is 7.71. The van der Waals surface area contributed by atoms with Gasteiger partial charge in [-0.1, -0.05) is 18.2 Å². The standard InChI is InChI=1S/C21H22N2O4/c1-12-16-9-22-7-6-14-13-4-2-3-5-18(13)23(20(26)10-24)21(14)17(11-27-12)15(16)8-19(22)25/h2-5,11-12,15-16,24H,6-10H2,1H3/t12-,15+,16+/m1/s1. The van der Waals surface area contributed by atoms with E-state index in [0.717, 1.165) is 27.7 Å². The maximum absolute atomic E-state index is 12.7. The van der Waals surface area contributed by atoms with Gasteiger partial charge in [0.1, 0.15) is 12.7 Å². The number of piperidine rings is 1. The summed E-state index contributed by atoms with van der Waals surface area (Å²) in [5.74, 6) is 0.0583. The Hall–Kier alpha value is -2.60. The normalized spacial score (nSPS) is 26.7. The molecule has 140 valence electrons. The first-order valence-corrected chi connectivity index (χ1v) is 9.50. The summed E-state index contributed by atoms with van der Waals surface area (Å²) in [4.78, 5) is 27.3. The van der Waals surface area contributed by atoms with Gasteiger partial charge in [0.05, 0.1) is 17.5 Å². The number of aromatic nitrogens is 1. The van der Waals surface area contributed by atoms with Gasteiger partial charge in [-0.05, 0) is 25.0 Å². The number of allylic oxidation sites excluding steroid dienone is 1. The molecule has 3 atom stereocenters. The van der Waals surface area contributed by atoms with E-state index in [4.69, 9.17) is 4.74 Å². The Kier molecular flexibility index (Phi) is 3.65. The molecule has 1 amide bonds. The minimum atomic E-state index is -0.561. The van der Waals surface area contributed by atoms with Crippen molar-refractivity contribution in [2.24, 2.45) is 11.8 Å². The Labute approximate surface area is 157 Å². The predicted octanol–water partition coefficient (Wildman–Crippen LogP) is 2.05. The van der Waals surface area contributed by atoms with Crippen molar-refractivity contribution < 1.29 is 19.4 Å². The highest BCUT2D eigenvalue weighted by Gasteiger charge is 2.45. The van der Waals surface area contributed by atoms with Crippen molar-refractivity contribution >= 4 is 28.3 Å². The summed E-state index contributed by atoms with van der Waals surface area (Å²) in [5, 5.41) is 10.6. The number of para-hydroxylation sites is 1. The lowest BCUT2D eigenvalue weighted by Crippen LogP contribution is -2.49. The fourth-order valence-electron chi connectivity index (χ4n) is 5.02.